The van der Waals surface area contributed by atoms with Crippen LogP contribution in [-0.2, 0) is 11.2 Å². The fourth-order valence-electron chi connectivity index (χ4n) is 2.20. The quantitative estimate of drug-likeness (QED) is 0.748. The maximum absolute atomic E-state index is 11.9. The molecule has 0 saturated carbocycles. The molecule has 1 N–H and O–H groups in total. The summed E-state index contributed by atoms with van der Waals surface area (Å²) in [6, 6.07) is 15.4. The van der Waals surface area contributed by atoms with E-state index in [0.717, 1.165) is 12.1 Å². The molecular weight excluding hydrogens is 290 g/mol. The standard InChI is InChI=1S/C19H23NO3/c1-3-15-10-12-16(13-11-15)20-19(21)9-6-14-23-18-8-5-4-7-17(18)22-2/h4-5,7-8,10-13H,3,6,9,14H2,1-2H3,(H,20,21). The molecule has 0 atom stereocenters. The van der Waals surface area contributed by atoms with E-state index in [9.17, 15) is 4.79 Å². The van der Waals surface area contributed by atoms with Crippen molar-refractivity contribution >= 4 is 11.6 Å². The number of carbonyl (C=O) groups excluding carboxylic acids is 1. The first kappa shape index (κ1) is 16.9. The third kappa shape index (κ3) is 5.33. The van der Waals surface area contributed by atoms with Gasteiger partial charge in [0.1, 0.15) is 0 Å². The lowest BCUT2D eigenvalue weighted by Gasteiger charge is -2.10. The average molecular weight is 313 g/mol. The molecule has 2 aromatic rings. The monoisotopic (exact) mass is 313 g/mol. The molecule has 0 bridgehead atoms. The van der Waals surface area contributed by atoms with Crippen molar-refractivity contribution in [3.63, 3.8) is 0 Å². The highest BCUT2D eigenvalue weighted by molar-refractivity contribution is 5.90. The molecule has 0 spiro atoms. The molecule has 122 valence electrons. The number of anilines is 1. The molecule has 2 rings (SSSR count). The van der Waals surface area contributed by atoms with Crippen LogP contribution in [0.25, 0.3) is 0 Å². The van der Waals surface area contributed by atoms with Crippen molar-refractivity contribution in [3.05, 3.63) is 54.1 Å². The summed E-state index contributed by atoms with van der Waals surface area (Å²) < 4.78 is 10.9. The number of benzene rings is 2. The molecule has 4 heteroatoms. The number of hydrogen-bond donors (Lipinski definition) is 1. The van der Waals surface area contributed by atoms with Gasteiger partial charge in [0, 0.05) is 12.1 Å². The van der Waals surface area contributed by atoms with Crippen LogP contribution in [0.5, 0.6) is 11.5 Å². The lowest BCUT2D eigenvalue weighted by molar-refractivity contribution is -0.116. The molecule has 0 aliphatic heterocycles. The van der Waals surface area contributed by atoms with E-state index in [2.05, 4.69) is 12.2 Å². The fourth-order valence-corrected chi connectivity index (χ4v) is 2.20. The molecule has 0 aliphatic carbocycles. The Hall–Kier alpha value is -2.49. The highest BCUT2D eigenvalue weighted by Gasteiger charge is 2.05. The number of rotatable bonds is 8. The van der Waals surface area contributed by atoms with Crippen molar-refractivity contribution in [2.75, 3.05) is 19.0 Å². The number of amides is 1. The Bertz CT molecular complexity index is 623. The van der Waals surface area contributed by atoms with Crippen molar-refractivity contribution in [1.29, 1.82) is 0 Å². The molecule has 0 heterocycles. The van der Waals surface area contributed by atoms with Gasteiger partial charge in [-0.3, -0.25) is 4.79 Å². The molecule has 0 unspecified atom stereocenters. The zero-order chi connectivity index (χ0) is 16.5. The Morgan fingerprint density at radius 1 is 1.04 bits per heavy atom. The van der Waals surface area contributed by atoms with Gasteiger partial charge in [-0.15, -0.1) is 0 Å². The van der Waals surface area contributed by atoms with E-state index in [0.29, 0.717) is 30.9 Å². The summed E-state index contributed by atoms with van der Waals surface area (Å²) in [4.78, 5) is 11.9. The van der Waals surface area contributed by atoms with Crippen LogP contribution < -0.4 is 14.8 Å². The van der Waals surface area contributed by atoms with Crippen LogP contribution in [0, 0.1) is 0 Å². The van der Waals surface area contributed by atoms with Gasteiger partial charge in [0.15, 0.2) is 11.5 Å². The van der Waals surface area contributed by atoms with Crippen LogP contribution in [0.1, 0.15) is 25.3 Å². The zero-order valence-corrected chi connectivity index (χ0v) is 13.7. The predicted octanol–water partition coefficient (Wildman–Crippen LogP) is 4.06. The minimum Gasteiger partial charge on any atom is -0.493 e. The minimum absolute atomic E-state index is 0.00197. The normalized spacial score (nSPS) is 10.2. The van der Waals surface area contributed by atoms with Crippen molar-refractivity contribution < 1.29 is 14.3 Å². The van der Waals surface area contributed by atoms with Crippen LogP contribution in [0.4, 0.5) is 5.69 Å². The molecular formula is C19H23NO3. The summed E-state index contributed by atoms with van der Waals surface area (Å²) in [5.74, 6) is 1.40. The van der Waals surface area contributed by atoms with Gasteiger partial charge in [-0.1, -0.05) is 31.2 Å². The molecule has 23 heavy (non-hydrogen) atoms. The Balaban J connectivity index is 1.72. The second-order valence-corrected chi connectivity index (χ2v) is 5.20. The van der Waals surface area contributed by atoms with E-state index >= 15 is 0 Å². The smallest absolute Gasteiger partial charge is 0.224 e. The molecule has 0 aromatic heterocycles. The van der Waals surface area contributed by atoms with Crippen LogP contribution in [0.2, 0.25) is 0 Å². The first-order chi connectivity index (χ1) is 11.2. The second-order valence-electron chi connectivity index (χ2n) is 5.20. The van der Waals surface area contributed by atoms with E-state index in [1.54, 1.807) is 7.11 Å². The van der Waals surface area contributed by atoms with Gasteiger partial charge in [-0.25, -0.2) is 0 Å². The van der Waals surface area contributed by atoms with E-state index in [-0.39, 0.29) is 5.91 Å². The topological polar surface area (TPSA) is 47.6 Å². The number of aryl methyl sites for hydroxylation is 1. The SMILES string of the molecule is CCc1ccc(NC(=O)CCCOc2ccccc2OC)cc1. The third-order valence-corrected chi connectivity index (χ3v) is 3.52. The highest BCUT2D eigenvalue weighted by atomic mass is 16.5. The molecule has 4 nitrogen and oxygen atoms in total. The van der Waals surface area contributed by atoms with Crippen LogP contribution in [0.15, 0.2) is 48.5 Å². The van der Waals surface area contributed by atoms with Gasteiger partial charge in [0.25, 0.3) is 0 Å². The summed E-state index contributed by atoms with van der Waals surface area (Å²) in [6.45, 7) is 2.58. The van der Waals surface area contributed by atoms with Crippen molar-refractivity contribution in [1.82, 2.24) is 0 Å². The van der Waals surface area contributed by atoms with Gasteiger partial charge in [0.05, 0.1) is 13.7 Å². The largest absolute Gasteiger partial charge is 0.493 e. The van der Waals surface area contributed by atoms with E-state index in [1.807, 2.05) is 48.5 Å². The van der Waals surface area contributed by atoms with Crippen LogP contribution >= 0.6 is 0 Å². The van der Waals surface area contributed by atoms with Gasteiger partial charge in [-0.2, -0.15) is 0 Å². The molecule has 0 saturated heterocycles. The number of ether oxygens (including phenoxy) is 2. The lowest BCUT2D eigenvalue weighted by Crippen LogP contribution is -2.12. The van der Waals surface area contributed by atoms with E-state index in [4.69, 9.17) is 9.47 Å². The van der Waals surface area contributed by atoms with Gasteiger partial charge >= 0.3 is 0 Å². The summed E-state index contributed by atoms with van der Waals surface area (Å²) in [6.07, 6.45) is 2.07. The molecule has 0 radical (unpaired) electrons. The zero-order valence-electron chi connectivity index (χ0n) is 13.7. The lowest BCUT2D eigenvalue weighted by atomic mass is 10.1. The van der Waals surface area contributed by atoms with Crippen LogP contribution in [0.3, 0.4) is 0 Å². The average Bonchev–Trinajstić information content (AvgIpc) is 2.59. The first-order valence-electron chi connectivity index (χ1n) is 7.87. The maximum atomic E-state index is 11.9. The van der Waals surface area contributed by atoms with Crippen LogP contribution in [-0.4, -0.2) is 19.6 Å². The summed E-state index contributed by atoms with van der Waals surface area (Å²) in [5.41, 5.74) is 2.09. The Morgan fingerprint density at radius 2 is 1.74 bits per heavy atom. The summed E-state index contributed by atoms with van der Waals surface area (Å²) in [7, 11) is 1.61. The number of methoxy groups -OCH3 is 1. The summed E-state index contributed by atoms with van der Waals surface area (Å²) >= 11 is 0. The second kappa shape index (κ2) is 8.83. The van der Waals surface area contributed by atoms with Crippen molar-refractivity contribution in [3.8, 4) is 11.5 Å². The number of carbonyl (C=O) groups is 1. The van der Waals surface area contributed by atoms with E-state index < -0.39 is 0 Å². The van der Waals surface area contributed by atoms with E-state index in [1.165, 1.54) is 5.56 Å². The number of para-hydroxylation sites is 2. The molecule has 0 fully saturated rings. The molecule has 2 aromatic carbocycles. The number of nitrogens with one attached hydrogen (secondary N) is 1. The number of hydrogen-bond acceptors (Lipinski definition) is 3. The van der Waals surface area contributed by atoms with Gasteiger partial charge < -0.3 is 14.8 Å². The van der Waals surface area contributed by atoms with Crippen molar-refractivity contribution in [2.45, 2.75) is 26.2 Å². The molecule has 1 amide bonds. The Morgan fingerprint density at radius 3 is 2.39 bits per heavy atom. The third-order valence-electron chi connectivity index (χ3n) is 3.52. The Labute approximate surface area is 137 Å². The predicted molar refractivity (Wildman–Crippen MR) is 92.2 cm³/mol. The molecule has 0 aliphatic rings. The summed E-state index contributed by atoms with van der Waals surface area (Å²) in [5, 5.41) is 2.90. The van der Waals surface area contributed by atoms with Gasteiger partial charge in [0.2, 0.25) is 5.91 Å². The Kier molecular flexibility index (Phi) is 6.48. The highest BCUT2D eigenvalue weighted by Crippen LogP contribution is 2.25. The maximum Gasteiger partial charge on any atom is 0.224 e. The fraction of sp³-hybridized carbons (Fsp3) is 0.316. The van der Waals surface area contributed by atoms with Crippen molar-refractivity contribution in [2.24, 2.45) is 0 Å². The van der Waals surface area contributed by atoms with Gasteiger partial charge in [-0.05, 0) is 42.7 Å². The first-order valence-corrected chi connectivity index (χ1v) is 7.87. The minimum atomic E-state index is -0.00197.